The highest BCUT2D eigenvalue weighted by Gasteiger charge is 2.83. The van der Waals surface area contributed by atoms with E-state index in [1.807, 2.05) is 6.26 Å². The Morgan fingerprint density at radius 2 is 2.17 bits per heavy atom. The maximum absolute atomic E-state index is 6.53. The van der Waals surface area contributed by atoms with Crippen molar-refractivity contribution in [3.63, 3.8) is 0 Å². The van der Waals surface area contributed by atoms with E-state index in [0.29, 0.717) is 12.0 Å². The first-order valence-corrected chi connectivity index (χ1v) is 8.94. The van der Waals surface area contributed by atoms with Gasteiger partial charge in [0.25, 0.3) is 0 Å². The Kier molecular flexibility index (Phi) is 2.66. The summed E-state index contributed by atoms with van der Waals surface area (Å²) in [6.07, 6.45) is 5.27. The molecule has 1 aromatic rings. The molecule has 4 nitrogen and oxygen atoms in total. The van der Waals surface area contributed by atoms with Crippen LogP contribution in [0.5, 0.6) is 0 Å². The van der Waals surface area contributed by atoms with Crippen LogP contribution in [0, 0.1) is 18.3 Å². The Balaban J connectivity index is 1.66. The van der Waals surface area contributed by atoms with Crippen molar-refractivity contribution < 1.29 is 18.6 Å². The number of epoxide rings is 2. The normalized spacial score (nSPS) is 46.5. The highest BCUT2D eigenvalue weighted by atomic mass is 16.6. The van der Waals surface area contributed by atoms with Crippen LogP contribution >= 0.6 is 0 Å². The fourth-order valence-electron chi connectivity index (χ4n) is 5.37. The van der Waals surface area contributed by atoms with E-state index >= 15 is 0 Å². The number of fused-ring (bicyclic) bond motifs is 2. The smallest absolute Gasteiger partial charge is 0.113 e. The average molecular weight is 318 g/mol. The quantitative estimate of drug-likeness (QED) is 0.800. The van der Waals surface area contributed by atoms with E-state index in [4.69, 9.17) is 18.6 Å². The number of ether oxygens (including phenoxy) is 3. The van der Waals surface area contributed by atoms with Crippen molar-refractivity contribution in [2.75, 3.05) is 13.2 Å². The minimum atomic E-state index is -0.152. The molecule has 1 saturated carbocycles. The van der Waals surface area contributed by atoms with Gasteiger partial charge in [0.1, 0.15) is 17.0 Å². The molecule has 0 amide bonds. The molecule has 126 valence electrons. The molecule has 0 bridgehead atoms. The monoisotopic (exact) mass is 318 g/mol. The van der Waals surface area contributed by atoms with Gasteiger partial charge in [-0.2, -0.15) is 0 Å². The van der Waals surface area contributed by atoms with Crippen LogP contribution in [0.25, 0.3) is 0 Å². The standard InChI is InChI=1S/C19H26O4/c1-11(2)8-21-16-15-12(3)9-20-13(15)7-19-14(23-19)5-6-18(10-22-18)17(16,19)4/h9,11,14,16H,5-8,10H2,1-4H3/t14-,16-,17-,18+,19-/m1/s1. The lowest BCUT2D eigenvalue weighted by molar-refractivity contribution is -0.136. The Labute approximate surface area is 137 Å². The minimum absolute atomic E-state index is 0.000185. The van der Waals surface area contributed by atoms with Crippen LogP contribution < -0.4 is 0 Å². The second kappa shape index (κ2) is 4.22. The van der Waals surface area contributed by atoms with Gasteiger partial charge in [0.2, 0.25) is 0 Å². The predicted octanol–water partition coefficient (Wildman–Crippen LogP) is 3.56. The maximum Gasteiger partial charge on any atom is 0.113 e. The maximum atomic E-state index is 6.53. The highest BCUT2D eigenvalue weighted by molar-refractivity contribution is 5.44. The molecule has 2 aliphatic carbocycles. The molecule has 5 atom stereocenters. The summed E-state index contributed by atoms with van der Waals surface area (Å²) < 4.78 is 24.8. The summed E-state index contributed by atoms with van der Waals surface area (Å²) >= 11 is 0. The van der Waals surface area contributed by atoms with Gasteiger partial charge in [0.15, 0.2) is 0 Å². The zero-order valence-electron chi connectivity index (χ0n) is 14.5. The SMILES string of the molecule is Cc1coc2c1[C@@H](OCC(C)C)[C@]1(C)[C@]3(CC[C@H]4O[C@]41C2)CO3. The molecule has 3 heterocycles. The molecule has 23 heavy (non-hydrogen) atoms. The Morgan fingerprint density at radius 1 is 1.39 bits per heavy atom. The molecule has 4 aliphatic rings. The summed E-state index contributed by atoms with van der Waals surface area (Å²) in [7, 11) is 0. The molecule has 2 spiro atoms. The van der Waals surface area contributed by atoms with Crippen LogP contribution in [-0.2, 0) is 20.6 Å². The third-order valence-electron chi connectivity index (χ3n) is 6.85. The summed E-state index contributed by atoms with van der Waals surface area (Å²) in [5.74, 6) is 1.57. The molecule has 3 fully saturated rings. The average Bonchev–Trinajstić information content (AvgIpc) is 3.38. The first kappa shape index (κ1) is 14.5. The van der Waals surface area contributed by atoms with Gasteiger partial charge in [-0.3, -0.25) is 0 Å². The molecule has 0 unspecified atom stereocenters. The van der Waals surface area contributed by atoms with E-state index in [9.17, 15) is 0 Å². The molecule has 2 saturated heterocycles. The van der Waals surface area contributed by atoms with E-state index in [1.54, 1.807) is 0 Å². The lowest BCUT2D eigenvalue weighted by Gasteiger charge is -2.51. The van der Waals surface area contributed by atoms with E-state index in [2.05, 4.69) is 27.7 Å². The van der Waals surface area contributed by atoms with Crippen LogP contribution in [0.2, 0.25) is 0 Å². The molecule has 0 radical (unpaired) electrons. The van der Waals surface area contributed by atoms with Crippen LogP contribution in [0.1, 0.15) is 56.6 Å². The van der Waals surface area contributed by atoms with Gasteiger partial charge < -0.3 is 18.6 Å². The molecular formula is C19H26O4. The first-order chi connectivity index (χ1) is 10.9. The first-order valence-electron chi connectivity index (χ1n) is 8.94. The van der Waals surface area contributed by atoms with Crippen molar-refractivity contribution in [3.8, 4) is 0 Å². The largest absolute Gasteiger partial charge is 0.469 e. The van der Waals surface area contributed by atoms with Gasteiger partial charge in [-0.25, -0.2) is 0 Å². The molecule has 2 aliphatic heterocycles. The number of hydrogen-bond acceptors (Lipinski definition) is 4. The predicted molar refractivity (Wildman–Crippen MR) is 84.3 cm³/mol. The van der Waals surface area contributed by atoms with Gasteiger partial charge in [0.05, 0.1) is 30.5 Å². The van der Waals surface area contributed by atoms with Crippen molar-refractivity contribution in [2.24, 2.45) is 11.3 Å². The minimum Gasteiger partial charge on any atom is -0.469 e. The fraction of sp³-hybridized carbons (Fsp3) is 0.789. The summed E-state index contributed by atoms with van der Waals surface area (Å²) in [5, 5.41) is 0. The Morgan fingerprint density at radius 3 is 2.87 bits per heavy atom. The summed E-state index contributed by atoms with van der Waals surface area (Å²) in [5.41, 5.74) is 2.11. The van der Waals surface area contributed by atoms with Crippen molar-refractivity contribution in [3.05, 3.63) is 23.2 Å². The van der Waals surface area contributed by atoms with Crippen molar-refractivity contribution in [1.29, 1.82) is 0 Å². The molecular weight excluding hydrogens is 292 g/mol. The van der Waals surface area contributed by atoms with Crippen molar-refractivity contribution in [2.45, 2.75) is 70.4 Å². The van der Waals surface area contributed by atoms with Crippen LogP contribution in [0.4, 0.5) is 0 Å². The van der Waals surface area contributed by atoms with Crippen LogP contribution in [0.15, 0.2) is 10.7 Å². The molecule has 5 rings (SSSR count). The third-order valence-corrected chi connectivity index (χ3v) is 6.85. The van der Waals surface area contributed by atoms with E-state index in [1.165, 1.54) is 11.1 Å². The van der Waals surface area contributed by atoms with E-state index in [0.717, 1.165) is 38.2 Å². The molecule has 1 aromatic heterocycles. The van der Waals surface area contributed by atoms with E-state index in [-0.39, 0.29) is 22.7 Å². The number of aryl methyl sites for hydroxylation is 1. The number of furan rings is 1. The molecule has 4 heteroatoms. The second-order valence-corrected chi connectivity index (χ2v) is 8.56. The summed E-state index contributed by atoms with van der Waals surface area (Å²) in [4.78, 5) is 0. The third kappa shape index (κ3) is 1.58. The van der Waals surface area contributed by atoms with Crippen LogP contribution in [0.3, 0.4) is 0 Å². The fourth-order valence-corrected chi connectivity index (χ4v) is 5.37. The van der Waals surface area contributed by atoms with Crippen molar-refractivity contribution in [1.82, 2.24) is 0 Å². The molecule has 0 aromatic carbocycles. The lowest BCUT2D eigenvalue weighted by Crippen LogP contribution is -2.59. The van der Waals surface area contributed by atoms with Crippen LogP contribution in [-0.4, -0.2) is 30.5 Å². The summed E-state index contributed by atoms with van der Waals surface area (Å²) in [6, 6.07) is 0. The summed E-state index contributed by atoms with van der Waals surface area (Å²) in [6.45, 7) is 10.5. The number of rotatable bonds is 3. The van der Waals surface area contributed by atoms with Gasteiger partial charge in [-0.1, -0.05) is 20.8 Å². The van der Waals surface area contributed by atoms with Gasteiger partial charge in [-0.05, 0) is 31.2 Å². The topological polar surface area (TPSA) is 47.4 Å². The van der Waals surface area contributed by atoms with Gasteiger partial charge in [-0.15, -0.1) is 0 Å². The van der Waals surface area contributed by atoms with E-state index < -0.39 is 0 Å². The van der Waals surface area contributed by atoms with Gasteiger partial charge >= 0.3 is 0 Å². The lowest BCUT2D eigenvalue weighted by atomic mass is 9.53. The van der Waals surface area contributed by atoms with Crippen molar-refractivity contribution >= 4 is 0 Å². The Bertz CT molecular complexity index is 658. The zero-order chi connectivity index (χ0) is 16.0. The second-order valence-electron chi connectivity index (χ2n) is 8.56. The number of hydrogen-bond donors (Lipinski definition) is 0. The zero-order valence-corrected chi connectivity index (χ0v) is 14.5. The van der Waals surface area contributed by atoms with Gasteiger partial charge in [0, 0.05) is 18.6 Å². The highest BCUT2D eigenvalue weighted by Crippen LogP contribution is 2.74. The Hall–Kier alpha value is -0.840. The molecule has 0 N–H and O–H groups in total.